The average Bonchev–Trinajstić information content (AvgIpc) is 3.54. The number of nitrogens with one attached hydrogen (secondary N) is 1. The summed E-state index contributed by atoms with van der Waals surface area (Å²) in [4.78, 5) is 58.4. The second kappa shape index (κ2) is 12.5. The van der Waals surface area contributed by atoms with Crippen molar-refractivity contribution in [2.75, 3.05) is 19.6 Å². The lowest BCUT2D eigenvalue weighted by Crippen LogP contribution is -2.53. The first kappa shape index (κ1) is 33.4. The van der Waals surface area contributed by atoms with E-state index in [0.29, 0.717) is 33.2 Å². The molecule has 2 aliphatic heterocycles. The van der Waals surface area contributed by atoms with Gasteiger partial charge >= 0.3 is 11.4 Å². The number of halogens is 2. The molecule has 5 aromatic rings. The largest absolute Gasteiger partial charge is 0.504 e. The van der Waals surface area contributed by atoms with Gasteiger partial charge in [0.15, 0.2) is 11.5 Å². The zero-order valence-corrected chi connectivity index (χ0v) is 29.3. The summed E-state index contributed by atoms with van der Waals surface area (Å²) in [7, 11) is 2.95. The third-order valence-corrected chi connectivity index (χ3v) is 10.9. The quantitative estimate of drug-likeness (QED) is 0.166. The number of allylic oxidation sites excluding steroid dienone is 2. The van der Waals surface area contributed by atoms with Gasteiger partial charge in [0, 0.05) is 10.9 Å². The molecule has 1 aromatic heterocycles. The Kier molecular flexibility index (Phi) is 8.03. The molecule has 0 bridgehead atoms. The fourth-order valence-corrected chi connectivity index (χ4v) is 8.60. The number of amides is 2. The molecule has 1 saturated heterocycles. The lowest BCUT2D eigenvalue weighted by molar-refractivity contribution is -0.138. The maximum Gasteiger partial charge on any atom is 0.352 e. The summed E-state index contributed by atoms with van der Waals surface area (Å²) in [5.74, 6) is -2.50. The molecular formula is C38H31Cl2N5O7. The number of carbonyl (C=O) groups excluding carboxylic acids is 2. The number of hydrogen-bond acceptors (Lipinski definition) is 8. The summed E-state index contributed by atoms with van der Waals surface area (Å²) >= 11 is 12.7. The molecule has 4 aromatic carbocycles. The molecule has 2 amide bonds. The van der Waals surface area contributed by atoms with Gasteiger partial charge in [-0.25, -0.2) is 23.5 Å². The van der Waals surface area contributed by atoms with Gasteiger partial charge in [-0.05, 0) is 77.7 Å². The number of para-hydroxylation sites is 1. The van der Waals surface area contributed by atoms with E-state index < -0.39 is 46.5 Å². The van der Waals surface area contributed by atoms with E-state index in [1.807, 2.05) is 6.08 Å². The van der Waals surface area contributed by atoms with Gasteiger partial charge in [-0.1, -0.05) is 65.7 Å². The number of anilines is 1. The fraction of sp³-hybridized carbons (Fsp3) is 0.211. The van der Waals surface area contributed by atoms with E-state index in [-0.39, 0.29) is 35.2 Å². The first-order valence-corrected chi connectivity index (χ1v) is 17.2. The average molecular weight is 741 g/mol. The Morgan fingerprint density at radius 3 is 2.31 bits per heavy atom. The number of hydrazine groups is 1. The molecule has 12 nitrogen and oxygen atoms in total. The van der Waals surface area contributed by atoms with Gasteiger partial charge in [-0.15, -0.1) is 0 Å². The van der Waals surface area contributed by atoms with Crippen LogP contribution >= 0.6 is 23.2 Å². The fourth-order valence-electron chi connectivity index (χ4n) is 8.15. The molecule has 8 rings (SSSR count). The number of hydrogen-bond donors (Lipinski definition) is 2. The highest BCUT2D eigenvalue weighted by atomic mass is 35.5. The van der Waals surface area contributed by atoms with E-state index in [1.165, 1.54) is 35.7 Å². The number of methoxy groups -OCH3 is 2. The minimum atomic E-state index is -1.59. The Morgan fingerprint density at radius 1 is 0.865 bits per heavy atom. The van der Waals surface area contributed by atoms with Gasteiger partial charge in [-0.3, -0.25) is 15.0 Å². The summed E-state index contributed by atoms with van der Waals surface area (Å²) in [6.45, 7) is 0.0271. The number of phenolic OH excluding ortho intramolecular Hbond substituents is 1. The van der Waals surface area contributed by atoms with Crippen LogP contribution in [0, 0.1) is 5.92 Å². The maximum absolute atomic E-state index is 15.4. The zero-order valence-electron chi connectivity index (χ0n) is 27.8. The smallest absolute Gasteiger partial charge is 0.352 e. The number of rotatable bonds is 7. The Labute approximate surface area is 306 Å². The predicted octanol–water partition coefficient (Wildman–Crippen LogP) is 5.45. The number of nitrogens with zero attached hydrogens (tertiary/aromatic N) is 4. The van der Waals surface area contributed by atoms with Crippen molar-refractivity contribution in [1.29, 1.82) is 0 Å². The van der Waals surface area contributed by atoms with E-state index in [1.54, 1.807) is 78.9 Å². The summed E-state index contributed by atoms with van der Waals surface area (Å²) in [5, 5.41) is 12.2. The van der Waals surface area contributed by atoms with Crippen molar-refractivity contribution >= 4 is 40.7 Å². The first-order valence-electron chi connectivity index (χ1n) is 16.4. The van der Waals surface area contributed by atoms with Crippen LogP contribution in [0.15, 0.2) is 112 Å². The van der Waals surface area contributed by atoms with E-state index in [4.69, 9.17) is 32.7 Å². The molecule has 14 heteroatoms. The lowest BCUT2D eigenvalue weighted by Gasteiger charge is -2.49. The zero-order chi connectivity index (χ0) is 36.5. The molecule has 0 radical (unpaired) electrons. The van der Waals surface area contributed by atoms with Gasteiger partial charge in [0.05, 0.1) is 54.5 Å². The number of phenols is 1. The van der Waals surface area contributed by atoms with Crippen LogP contribution in [0.4, 0.5) is 5.69 Å². The van der Waals surface area contributed by atoms with Crippen LogP contribution in [0.2, 0.25) is 10.0 Å². The van der Waals surface area contributed by atoms with Gasteiger partial charge in [0.2, 0.25) is 0 Å². The Morgan fingerprint density at radius 2 is 1.62 bits per heavy atom. The molecule has 4 atom stereocenters. The summed E-state index contributed by atoms with van der Waals surface area (Å²) < 4.78 is 14.8. The van der Waals surface area contributed by atoms with Crippen LogP contribution < -0.4 is 26.3 Å². The summed E-state index contributed by atoms with van der Waals surface area (Å²) in [6, 6.07) is 24.2. The molecule has 4 unspecified atom stereocenters. The molecule has 52 heavy (non-hydrogen) atoms. The van der Waals surface area contributed by atoms with Crippen molar-refractivity contribution in [1.82, 2.24) is 18.9 Å². The van der Waals surface area contributed by atoms with E-state index in [2.05, 4.69) is 5.43 Å². The number of aromatic nitrogens is 3. The van der Waals surface area contributed by atoms with Crippen molar-refractivity contribution < 1.29 is 24.2 Å². The number of fused-ring (bicyclic) bond motifs is 4. The number of ether oxygens (including phenoxy) is 2. The molecule has 2 N–H and O–H groups in total. The molecule has 264 valence electrons. The van der Waals surface area contributed by atoms with Crippen molar-refractivity contribution in [2.45, 2.75) is 30.3 Å². The van der Waals surface area contributed by atoms with Crippen molar-refractivity contribution in [3.8, 4) is 22.9 Å². The van der Waals surface area contributed by atoms with E-state index in [9.17, 15) is 19.5 Å². The van der Waals surface area contributed by atoms with Crippen molar-refractivity contribution in [3.05, 3.63) is 145 Å². The number of carbonyl (C=O) groups is 2. The van der Waals surface area contributed by atoms with Crippen LogP contribution in [-0.2, 0) is 21.5 Å². The van der Waals surface area contributed by atoms with Crippen LogP contribution in [0.1, 0.15) is 29.5 Å². The summed E-state index contributed by atoms with van der Waals surface area (Å²) in [5.41, 5.74) is 2.67. The minimum Gasteiger partial charge on any atom is -0.504 e. The molecule has 2 fully saturated rings. The second-order valence-corrected chi connectivity index (χ2v) is 13.7. The van der Waals surface area contributed by atoms with Gasteiger partial charge < -0.3 is 14.6 Å². The SMILES string of the molecule is COc1ccc(C23C(=O)N(Nc4ccc(Cl)cc4Cl)C(=O)C2CC2C(=CCn4c(=O)n(-c5ccccc5)c(=O)n42)C3c2ccc(O)c(OC)c2)cc1. The van der Waals surface area contributed by atoms with Crippen molar-refractivity contribution in [3.63, 3.8) is 0 Å². The number of aromatic hydroxyl groups is 1. The summed E-state index contributed by atoms with van der Waals surface area (Å²) in [6.07, 6.45) is 1.86. The minimum absolute atomic E-state index is 0.00116. The molecular weight excluding hydrogens is 709 g/mol. The van der Waals surface area contributed by atoms with Crippen molar-refractivity contribution in [2.24, 2.45) is 5.92 Å². The topological polar surface area (TPSA) is 137 Å². The van der Waals surface area contributed by atoms with E-state index >= 15 is 4.79 Å². The highest BCUT2D eigenvalue weighted by Gasteiger charge is 2.69. The molecule has 0 spiro atoms. The maximum atomic E-state index is 15.4. The highest BCUT2D eigenvalue weighted by molar-refractivity contribution is 6.36. The highest BCUT2D eigenvalue weighted by Crippen LogP contribution is 2.62. The lowest BCUT2D eigenvalue weighted by atomic mass is 9.53. The molecule has 1 saturated carbocycles. The number of imide groups is 1. The third-order valence-electron chi connectivity index (χ3n) is 10.4. The second-order valence-electron chi connectivity index (χ2n) is 12.8. The van der Waals surface area contributed by atoms with Crippen LogP contribution in [0.3, 0.4) is 0 Å². The van der Waals surface area contributed by atoms with Crippen LogP contribution in [-0.4, -0.2) is 50.1 Å². The predicted molar refractivity (Wildman–Crippen MR) is 194 cm³/mol. The van der Waals surface area contributed by atoms with Crippen LogP contribution in [0.5, 0.6) is 17.2 Å². The normalized spacial score (nSPS) is 22.0. The van der Waals surface area contributed by atoms with Gasteiger partial charge in [0.1, 0.15) is 5.75 Å². The van der Waals surface area contributed by atoms with Gasteiger partial charge in [-0.2, -0.15) is 5.01 Å². The third kappa shape index (κ3) is 4.81. The molecule has 3 aliphatic rings. The van der Waals surface area contributed by atoms with Crippen LogP contribution in [0.25, 0.3) is 5.69 Å². The Hall–Kier alpha value is -5.72. The number of benzene rings is 4. The Balaban J connectivity index is 1.39. The molecule has 3 heterocycles. The Bertz CT molecular complexity index is 2420. The van der Waals surface area contributed by atoms with E-state index in [0.717, 1.165) is 9.58 Å². The monoisotopic (exact) mass is 739 g/mol. The molecule has 1 aliphatic carbocycles. The first-order chi connectivity index (χ1) is 25.1. The van der Waals surface area contributed by atoms with Gasteiger partial charge in [0.25, 0.3) is 11.8 Å². The standard InChI is InChI=1S/C38H31Cl2N5O7/c1-51-25-12-9-22(10-13-25)38-27(34(47)44(35(38)48)41-29-14-11-23(39)19-28(29)40)20-30-26(33(38)21-8-15-31(46)32(18-21)52-2)16-17-42-36(49)43(37(50)45(30)42)24-6-4-3-5-7-24/h3-16,18-19,27,30,33,41,46H,17,20H2,1-2H3.